The summed E-state index contributed by atoms with van der Waals surface area (Å²) in [6.45, 7) is 0. The van der Waals surface area contributed by atoms with Crippen molar-refractivity contribution < 1.29 is 14.3 Å². The van der Waals surface area contributed by atoms with Gasteiger partial charge in [-0.25, -0.2) is 9.78 Å². The number of thiazole rings is 1. The van der Waals surface area contributed by atoms with Gasteiger partial charge in [-0.1, -0.05) is 6.42 Å². The zero-order chi connectivity index (χ0) is 15.3. The number of fused-ring (bicyclic) bond motifs is 1. The number of rotatable bonds is 3. The van der Waals surface area contributed by atoms with Crippen molar-refractivity contribution in [3.05, 3.63) is 16.1 Å². The zero-order valence-electron chi connectivity index (χ0n) is 12.7. The van der Waals surface area contributed by atoms with Gasteiger partial charge in [-0.15, -0.1) is 11.3 Å². The van der Waals surface area contributed by atoms with Gasteiger partial charge in [0.1, 0.15) is 6.04 Å². The molecule has 1 amide bonds. The molecule has 0 radical (unpaired) electrons. The monoisotopic (exact) mass is 320 g/mol. The summed E-state index contributed by atoms with van der Waals surface area (Å²) in [5.74, 6) is 0.617. The van der Waals surface area contributed by atoms with E-state index in [9.17, 15) is 9.59 Å². The van der Waals surface area contributed by atoms with Gasteiger partial charge >= 0.3 is 5.97 Å². The van der Waals surface area contributed by atoms with Crippen LogP contribution in [0.2, 0.25) is 0 Å². The number of ether oxygens (including phenoxy) is 1. The Morgan fingerprint density at radius 2 is 2.14 bits per heavy atom. The topological polar surface area (TPSA) is 59.5 Å². The molecule has 3 aliphatic rings. The van der Waals surface area contributed by atoms with Crippen LogP contribution >= 0.6 is 11.3 Å². The van der Waals surface area contributed by atoms with Crippen LogP contribution in [0, 0.1) is 5.92 Å². The second kappa shape index (κ2) is 5.33. The minimum atomic E-state index is -0.430. The van der Waals surface area contributed by atoms with E-state index in [2.05, 4.69) is 4.98 Å². The summed E-state index contributed by atoms with van der Waals surface area (Å²) in [4.78, 5) is 31.3. The Bertz CT molecular complexity index is 610. The highest BCUT2D eigenvalue weighted by Crippen LogP contribution is 2.43. The van der Waals surface area contributed by atoms with E-state index >= 15 is 0 Å². The summed E-state index contributed by atoms with van der Waals surface area (Å²) in [5, 5.41) is 2.53. The van der Waals surface area contributed by atoms with Gasteiger partial charge in [0.25, 0.3) is 5.91 Å². The molecule has 3 atom stereocenters. The van der Waals surface area contributed by atoms with E-state index in [1.54, 1.807) is 4.90 Å². The summed E-state index contributed by atoms with van der Waals surface area (Å²) < 4.78 is 4.92. The fourth-order valence-electron chi connectivity index (χ4n) is 3.99. The molecular weight excluding hydrogens is 300 g/mol. The summed E-state index contributed by atoms with van der Waals surface area (Å²) in [6, 6.07) is -0.244. The van der Waals surface area contributed by atoms with E-state index < -0.39 is 6.04 Å². The number of hydrogen-bond donors (Lipinski definition) is 0. The van der Waals surface area contributed by atoms with Crippen molar-refractivity contribution in [3.8, 4) is 0 Å². The molecule has 1 saturated heterocycles. The molecule has 2 saturated carbocycles. The Morgan fingerprint density at radius 3 is 2.86 bits per heavy atom. The number of esters is 1. The number of likely N-dealkylation sites (tertiary alicyclic amines) is 1. The van der Waals surface area contributed by atoms with Gasteiger partial charge in [0.2, 0.25) is 0 Å². The van der Waals surface area contributed by atoms with Crippen molar-refractivity contribution in [1.82, 2.24) is 9.88 Å². The van der Waals surface area contributed by atoms with Gasteiger partial charge in [-0.2, -0.15) is 0 Å². The third-order valence-corrected chi connectivity index (χ3v) is 6.09. The highest BCUT2D eigenvalue weighted by molar-refractivity contribution is 7.11. The highest BCUT2D eigenvalue weighted by Gasteiger charge is 2.49. The molecule has 0 spiro atoms. The standard InChI is InChI=1S/C16H20N2O3S/c1-21-16(20)13-7-10-3-2-4-12(10)18(13)15(19)14-17-11(8-22-14)9-5-6-9/h8-10,12-13H,2-7H2,1H3/t10-,12-,13-/m0/s1. The van der Waals surface area contributed by atoms with Gasteiger partial charge in [0.15, 0.2) is 5.01 Å². The van der Waals surface area contributed by atoms with Crippen molar-refractivity contribution >= 4 is 23.2 Å². The Balaban J connectivity index is 1.61. The second-order valence-corrected chi connectivity index (χ2v) is 7.46. The van der Waals surface area contributed by atoms with Crippen molar-refractivity contribution in [2.24, 2.45) is 5.92 Å². The van der Waals surface area contributed by atoms with E-state index in [0.717, 1.165) is 31.4 Å². The number of aromatic nitrogens is 1. The van der Waals surface area contributed by atoms with Crippen LogP contribution in [0.3, 0.4) is 0 Å². The molecular formula is C16H20N2O3S. The second-order valence-electron chi connectivity index (χ2n) is 6.60. The van der Waals surface area contributed by atoms with Gasteiger partial charge in [0.05, 0.1) is 12.8 Å². The number of hydrogen-bond acceptors (Lipinski definition) is 5. The molecule has 5 nitrogen and oxygen atoms in total. The molecule has 1 aliphatic heterocycles. The van der Waals surface area contributed by atoms with Crippen molar-refractivity contribution in [1.29, 1.82) is 0 Å². The molecule has 0 unspecified atom stereocenters. The zero-order valence-corrected chi connectivity index (χ0v) is 13.5. The first-order valence-corrected chi connectivity index (χ1v) is 8.93. The average molecular weight is 320 g/mol. The van der Waals surface area contributed by atoms with Crippen LogP contribution in [0.15, 0.2) is 5.38 Å². The van der Waals surface area contributed by atoms with Crippen LogP contribution in [0.5, 0.6) is 0 Å². The SMILES string of the molecule is COC(=O)[C@@H]1C[C@@H]2CCC[C@@H]2N1C(=O)c1nc(C2CC2)cs1. The summed E-state index contributed by atoms with van der Waals surface area (Å²) in [7, 11) is 1.40. The average Bonchev–Trinajstić information content (AvgIpc) is 2.97. The van der Waals surface area contributed by atoms with E-state index in [-0.39, 0.29) is 17.9 Å². The molecule has 4 rings (SSSR count). The van der Waals surface area contributed by atoms with Crippen LogP contribution in [-0.4, -0.2) is 41.0 Å². The molecule has 1 aromatic heterocycles. The van der Waals surface area contributed by atoms with Gasteiger partial charge < -0.3 is 9.64 Å². The van der Waals surface area contributed by atoms with Crippen LogP contribution in [0.1, 0.15) is 59.9 Å². The van der Waals surface area contributed by atoms with Crippen LogP contribution < -0.4 is 0 Å². The summed E-state index contributed by atoms with van der Waals surface area (Å²) >= 11 is 1.41. The molecule has 2 heterocycles. The fourth-order valence-corrected chi connectivity index (χ4v) is 4.83. The van der Waals surface area contributed by atoms with Crippen molar-refractivity contribution in [2.45, 2.75) is 56.5 Å². The normalized spacial score (nSPS) is 30.4. The molecule has 0 bridgehead atoms. The van der Waals surface area contributed by atoms with Crippen LogP contribution in [0.25, 0.3) is 0 Å². The number of carbonyl (C=O) groups is 2. The Morgan fingerprint density at radius 1 is 1.32 bits per heavy atom. The lowest BCUT2D eigenvalue weighted by molar-refractivity contribution is -0.145. The quantitative estimate of drug-likeness (QED) is 0.803. The Labute approximate surface area is 133 Å². The molecule has 6 heteroatoms. The number of amides is 1. The highest BCUT2D eigenvalue weighted by atomic mass is 32.1. The van der Waals surface area contributed by atoms with Crippen molar-refractivity contribution in [3.63, 3.8) is 0 Å². The molecule has 0 N–H and O–H groups in total. The minimum absolute atomic E-state index is 0.0818. The predicted octanol–water partition coefficient (Wildman–Crippen LogP) is 2.58. The minimum Gasteiger partial charge on any atom is -0.467 e. The van der Waals surface area contributed by atoms with E-state index in [1.165, 1.54) is 31.3 Å². The lowest BCUT2D eigenvalue weighted by Gasteiger charge is -2.27. The number of methoxy groups -OCH3 is 1. The van der Waals surface area contributed by atoms with E-state index in [1.807, 2.05) is 5.38 Å². The van der Waals surface area contributed by atoms with Crippen LogP contribution in [0.4, 0.5) is 0 Å². The first-order valence-electron chi connectivity index (χ1n) is 8.05. The maximum absolute atomic E-state index is 12.9. The van der Waals surface area contributed by atoms with Crippen LogP contribution in [-0.2, 0) is 9.53 Å². The molecule has 118 valence electrons. The number of nitrogens with zero attached hydrogens (tertiary/aromatic N) is 2. The Hall–Kier alpha value is -1.43. The summed E-state index contributed by atoms with van der Waals surface area (Å²) in [6.07, 6.45) is 6.33. The molecule has 22 heavy (non-hydrogen) atoms. The van der Waals surface area contributed by atoms with E-state index in [0.29, 0.717) is 16.8 Å². The van der Waals surface area contributed by atoms with Gasteiger partial charge in [-0.05, 0) is 38.0 Å². The van der Waals surface area contributed by atoms with Crippen molar-refractivity contribution in [2.75, 3.05) is 7.11 Å². The maximum atomic E-state index is 12.9. The Kier molecular flexibility index (Phi) is 3.44. The molecule has 3 fully saturated rings. The molecule has 2 aliphatic carbocycles. The largest absolute Gasteiger partial charge is 0.467 e. The predicted molar refractivity (Wildman–Crippen MR) is 81.8 cm³/mol. The lowest BCUT2D eigenvalue weighted by atomic mass is 10.0. The number of carbonyl (C=O) groups excluding carboxylic acids is 2. The fraction of sp³-hybridized carbons (Fsp3) is 0.688. The first-order chi connectivity index (χ1) is 10.7. The van der Waals surface area contributed by atoms with Gasteiger partial charge in [-0.3, -0.25) is 4.79 Å². The smallest absolute Gasteiger partial charge is 0.328 e. The first kappa shape index (κ1) is 14.2. The van der Waals surface area contributed by atoms with E-state index in [4.69, 9.17) is 4.74 Å². The third kappa shape index (κ3) is 2.24. The molecule has 0 aromatic carbocycles. The molecule has 1 aromatic rings. The summed E-state index contributed by atoms with van der Waals surface area (Å²) in [5.41, 5.74) is 1.05. The third-order valence-electron chi connectivity index (χ3n) is 5.25. The van der Waals surface area contributed by atoms with Gasteiger partial charge in [0, 0.05) is 17.3 Å². The maximum Gasteiger partial charge on any atom is 0.328 e. The lowest BCUT2D eigenvalue weighted by Crippen LogP contribution is -2.45.